The number of aliphatic hydroxyl groups excluding tert-OH is 1. The molecule has 0 heterocycles. The third kappa shape index (κ3) is 8.84. The average Bonchev–Trinajstić information content (AvgIpc) is 1.38. The standard InChI is InChI=1S/CH4O3S.Ti/c2-1-5(3)4;/h2H,1H2,(H,3,4);. The topological polar surface area (TPSA) is 57.5 Å². The van der Waals surface area contributed by atoms with Crippen LogP contribution in [0.2, 0.25) is 0 Å². The van der Waals surface area contributed by atoms with Crippen LogP contribution in [0.3, 0.4) is 0 Å². The minimum Gasteiger partial charge on any atom is -0.381 e. The first-order chi connectivity index (χ1) is 2.27. The number of aliphatic hydroxyl groups is 1. The summed E-state index contributed by atoms with van der Waals surface area (Å²) in [6, 6.07) is 0. The van der Waals surface area contributed by atoms with E-state index in [9.17, 15) is 4.21 Å². The van der Waals surface area contributed by atoms with Crippen molar-refractivity contribution >= 4 is 11.1 Å². The molecule has 0 fully saturated rings. The summed E-state index contributed by atoms with van der Waals surface area (Å²) in [5.74, 6) is -0.667. The Morgan fingerprint density at radius 2 is 1.83 bits per heavy atom. The first-order valence-corrected chi connectivity index (χ1v) is 2.23. The minimum atomic E-state index is -2.02. The molecular formula is CH4O3STi. The first kappa shape index (κ1) is 9.92. The molecule has 1 atom stereocenters. The molecule has 0 rings (SSSR count). The van der Waals surface area contributed by atoms with Crippen LogP contribution in [-0.4, -0.2) is 19.8 Å². The van der Waals surface area contributed by atoms with Gasteiger partial charge in [-0.1, -0.05) is 0 Å². The van der Waals surface area contributed by atoms with Gasteiger partial charge in [0.15, 0.2) is 11.1 Å². The second-order valence-electron chi connectivity index (χ2n) is 0.451. The summed E-state index contributed by atoms with van der Waals surface area (Å²) in [4.78, 5) is 0. The molecule has 0 saturated carbocycles. The smallest absolute Gasteiger partial charge is 0.179 e. The molecule has 6 heavy (non-hydrogen) atoms. The molecule has 3 nitrogen and oxygen atoms in total. The third-order valence-electron chi connectivity index (χ3n) is 0.110. The maximum atomic E-state index is 9.23. The molecule has 1 unspecified atom stereocenters. The largest absolute Gasteiger partial charge is 0.381 e. The van der Waals surface area contributed by atoms with E-state index in [-0.39, 0.29) is 21.7 Å². The summed E-state index contributed by atoms with van der Waals surface area (Å²) in [6.45, 7) is 0. The van der Waals surface area contributed by atoms with E-state index in [2.05, 4.69) is 0 Å². The molecule has 0 bridgehead atoms. The van der Waals surface area contributed by atoms with Crippen LogP contribution in [0.4, 0.5) is 0 Å². The van der Waals surface area contributed by atoms with Crippen LogP contribution in [0.1, 0.15) is 0 Å². The molecule has 0 amide bonds. The van der Waals surface area contributed by atoms with E-state index in [4.69, 9.17) is 9.66 Å². The van der Waals surface area contributed by atoms with E-state index < -0.39 is 17.0 Å². The van der Waals surface area contributed by atoms with Crippen LogP contribution in [-0.2, 0) is 32.8 Å². The Hall–Kier alpha value is 0.784. The molecule has 2 N–H and O–H groups in total. The SMILES string of the molecule is O=S(O)CO.[Ti]. The van der Waals surface area contributed by atoms with Gasteiger partial charge in [0.2, 0.25) is 0 Å². The Morgan fingerprint density at radius 3 is 1.83 bits per heavy atom. The number of hydrogen-bond acceptors (Lipinski definition) is 2. The molecule has 0 aliphatic rings. The van der Waals surface area contributed by atoms with Crippen molar-refractivity contribution in [1.82, 2.24) is 0 Å². The van der Waals surface area contributed by atoms with Crippen LogP contribution in [0.15, 0.2) is 0 Å². The van der Waals surface area contributed by atoms with Crippen molar-refractivity contribution in [2.75, 3.05) is 5.94 Å². The zero-order valence-electron chi connectivity index (χ0n) is 2.92. The van der Waals surface area contributed by atoms with E-state index in [1.165, 1.54) is 0 Å². The monoisotopic (exact) mass is 144 g/mol. The van der Waals surface area contributed by atoms with Crippen molar-refractivity contribution in [2.24, 2.45) is 0 Å². The minimum absolute atomic E-state index is 0. The van der Waals surface area contributed by atoms with Crippen LogP contribution in [0.5, 0.6) is 0 Å². The van der Waals surface area contributed by atoms with Gasteiger partial charge < -0.3 is 9.66 Å². The third-order valence-corrected chi connectivity index (χ3v) is 0.331. The fourth-order valence-corrected chi connectivity index (χ4v) is 0. The summed E-state index contributed by atoms with van der Waals surface area (Å²) in [6.07, 6.45) is 0. The Bertz CT molecular complexity index is 46.1. The maximum absolute atomic E-state index is 9.23. The average molecular weight is 144 g/mol. The summed E-state index contributed by atoms with van der Waals surface area (Å²) in [5, 5.41) is 7.59. The molecular weight excluding hydrogens is 140 g/mol. The summed E-state index contributed by atoms with van der Waals surface area (Å²) in [5.41, 5.74) is 0. The van der Waals surface area contributed by atoms with Crippen LogP contribution >= 0.6 is 0 Å². The Kier molecular flexibility index (Phi) is 9.56. The molecule has 0 saturated heterocycles. The van der Waals surface area contributed by atoms with Gasteiger partial charge in [-0.05, 0) is 0 Å². The van der Waals surface area contributed by atoms with E-state index in [1.54, 1.807) is 0 Å². The maximum Gasteiger partial charge on any atom is 0.179 e. The second kappa shape index (κ2) is 5.78. The van der Waals surface area contributed by atoms with Gasteiger partial charge in [0.1, 0.15) is 5.94 Å². The van der Waals surface area contributed by atoms with E-state index >= 15 is 0 Å². The quantitative estimate of drug-likeness (QED) is 0.372. The number of hydrogen-bond donors (Lipinski definition) is 2. The molecule has 5 heteroatoms. The van der Waals surface area contributed by atoms with Gasteiger partial charge in [-0.2, -0.15) is 0 Å². The van der Waals surface area contributed by atoms with Gasteiger partial charge in [-0.15, -0.1) is 0 Å². The van der Waals surface area contributed by atoms with Gasteiger partial charge in [0.25, 0.3) is 0 Å². The second-order valence-corrected chi connectivity index (χ2v) is 1.35. The van der Waals surface area contributed by atoms with Crippen molar-refractivity contribution in [1.29, 1.82) is 0 Å². The zero-order chi connectivity index (χ0) is 4.28. The predicted molar refractivity (Wildman–Crippen MR) is 17.9 cm³/mol. The molecule has 36 valence electrons. The van der Waals surface area contributed by atoms with E-state index in [1.807, 2.05) is 0 Å². The van der Waals surface area contributed by atoms with Gasteiger partial charge >= 0.3 is 0 Å². The van der Waals surface area contributed by atoms with Crippen molar-refractivity contribution in [3.8, 4) is 0 Å². The molecule has 0 aromatic rings. The zero-order valence-corrected chi connectivity index (χ0v) is 5.30. The molecule has 0 aliphatic heterocycles. The fraction of sp³-hybridized carbons (Fsp3) is 1.00. The van der Waals surface area contributed by atoms with Crippen LogP contribution in [0, 0.1) is 0 Å². The van der Waals surface area contributed by atoms with Crippen molar-refractivity contribution in [3.63, 3.8) is 0 Å². The van der Waals surface area contributed by atoms with Crippen molar-refractivity contribution in [3.05, 3.63) is 0 Å². The fourth-order valence-electron chi connectivity index (χ4n) is 0. The van der Waals surface area contributed by atoms with E-state index in [0.29, 0.717) is 0 Å². The van der Waals surface area contributed by atoms with E-state index in [0.717, 1.165) is 0 Å². The summed E-state index contributed by atoms with van der Waals surface area (Å²) >= 11 is -2.02. The molecule has 0 radical (unpaired) electrons. The summed E-state index contributed by atoms with van der Waals surface area (Å²) < 4.78 is 16.8. The molecule has 0 aliphatic carbocycles. The van der Waals surface area contributed by atoms with Crippen molar-refractivity contribution < 1.29 is 35.6 Å². The Labute approximate surface area is 52.9 Å². The van der Waals surface area contributed by atoms with Crippen LogP contribution < -0.4 is 0 Å². The van der Waals surface area contributed by atoms with Gasteiger partial charge in [-0.3, -0.25) is 0 Å². The number of rotatable bonds is 1. The van der Waals surface area contributed by atoms with Crippen LogP contribution in [0.25, 0.3) is 0 Å². The van der Waals surface area contributed by atoms with Gasteiger partial charge in [0, 0.05) is 21.7 Å². The van der Waals surface area contributed by atoms with Crippen molar-refractivity contribution in [2.45, 2.75) is 0 Å². The molecule has 0 aromatic heterocycles. The normalized spacial score (nSPS) is 12.3. The molecule has 0 aromatic carbocycles. The van der Waals surface area contributed by atoms with Gasteiger partial charge in [0.05, 0.1) is 0 Å². The predicted octanol–water partition coefficient (Wildman–Crippen LogP) is -0.845. The summed E-state index contributed by atoms with van der Waals surface area (Å²) in [7, 11) is 0. The van der Waals surface area contributed by atoms with Gasteiger partial charge in [-0.25, -0.2) is 4.21 Å². The Balaban J connectivity index is 0. The first-order valence-electron chi connectivity index (χ1n) is 0.954. The Morgan fingerprint density at radius 1 is 1.67 bits per heavy atom. The molecule has 0 spiro atoms.